The van der Waals surface area contributed by atoms with Crippen molar-refractivity contribution in [1.82, 2.24) is 20.5 Å². The highest BCUT2D eigenvalue weighted by molar-refractivity contribution is 9.10. The number of anilines is 1. The van der Waals surface area contributed by atoms with Crippen molar-refractivity contribution in [2.24, 2.45) is 0 Å². The maximum atomic E-state index is 4.27. The minimum atomic E-state index is 0.152. The van der Waals surface area contributed by atoms with Gasteiger partial charge in [0.15, 0.2) is 0 Å². The van der Waals surface area contributed by atoms with Crippen molar-refractivity contribution < 1.29 is 0 Å². The summed E-state index contributed by atoms with van der Waals surface area (Å²) in [5.41, 5.74) is 0.152. The van der Waals surface area contributed by atoms with Crippen LogP contribution in [0, 0.1) is 0 Å². The van der Waals surface area contributed by atoms with E-state index in [2.05, 4.69) is 62.1 Å². The van der Waals surface area contributed by atoms with E-state index in [1.165, 1.54) is 0 Å². The molecule has 6 heteroatoms. The van der Waals surface area contributed by atoms with Crippen molar-refractivity contribution in [1.29, 1.82) is 0 Å². The molecule has 1 unspecified atom stereocenters. The predicted molar refractivity (Wildman–Crippen MR) is 71.0 cm³/mol. The Morgan fingerprint density at radius 3 is 2.76 bits per heavy atom. The molecule has 1 fully saturated rings. The molecule has 0 saturated carbocycles. The molecule has 0 radical (unpaired) electrons. The summed E-state index contributed by atoms with van der Waals surface area (Å²) in [7, 11) is 0. The second-order valence-corrected chi connectivity index (χ2v) is 6.22. The minimum Gasteiger partial charge on any atom is -0.338 e. The quantitative estimate of drug-likeness (QED) is 0.899. The Balaban J connectivity index is 1.96. The molecule has 17 heavy (non-hydrogen) atoms. The topological polar surface area (TPSA) is 53.9 Å². The fourth-order valence-electron chi connectivity index (χ4n) is 2.07. The lowest BCUT2D eigenvalue weighted by Crippen LogP contribution is -2.45. The van der Waals surface area contributed by atoms with Gasteiger partial charge in [-0.2, -0.15) is 0 Å². The molecule has 0 aliphatic carbocycles. The van der Waals surface area contributed by atoms with Crippen LogP contribution in [-0.2, 0) is 0 Å². The summed E-state index contributed by atoms with van der Waals surface area (Å²) in [6.45, 7) is 8.49. The molecule has 1 aromatic heterocycles. The molecule has 1 saturated heterocycles. The van der Waals surface area contributed by atoms with Gasteiger partial charge in [0.2, 0.25) is 5.95 Å². The summed E-state index contributed by atoms with van der Waals surface area (Å²) in [6, 6.07) is 0.502. The summed E-state index contributed by atoms with van der Waals surface area (Å²) in [5.74, 6) is 0.714. The Labute approximate surface area is 110 Å². The maximum Gasteiger partial charge on any atom is 0.245 e. The van der Waals surface area contributed by atoms with Gasteiger partial charge >= 0.3 is 0 Å². The summed E-state index contributed by atoms with van der Waals surface area (Å²) in [6.07, 6.45) is 2.81. The highest BCUT2D eigenvalue weighted by atomic mass is 79.9. The zero-order chi connectivity index (χ0) is 12.5. The van der Waals surface area contributed by atoms with Gasteiger partial charge in [0.05, 0.1) is 6.20 Å². The van der Waals surface area contributed by atoms with Crippen molar-refractivity contribution in [2.45, 2.75) is 38.8 Å². The average molecular weight is 300 g/mol. The molecular weight excluding hydrogens is 282 g/mol. The molecule has 0 amide bonds. The van der Waals surface area contributed by atoms with Crippen LogP contribution in [-0.4, -0.2) is 39.9 Å². The highest BCUT2D eigenvalue weighted by Gasteiger charge is 2.27. The summed E-state index contributed by atoms with van der Waals surface area (Å²) >= 11 is 3.24. The molecule has 1 aliphatic rings. The highest BCUT2D eigenvalue weighted by Crippen LogP contribution is 2.17. The minimum absolute atomic E-state index is 0.152. The number of rotatable bonds is 2. The van der Waals surface area contributed by atoms with Gasteiger partial charge in [-0.1, -0.05) is 0 Å². The second kappa shape index (κ2) is 4.86. The summed E-state index contributed by atoms with van der Waals surface area (Å²) in [5, 5.41) is 11.6. The van der Waals surface area contributed by atoms with Crippen LogP contribution in [0.3, 0.4) is 0 Å². The van der Waals surface area contributed by atoms with Crippen molar-refractivity contribution in [3.8, 4) is 0 Å². The van der Waals surface area contributed by atoms with E-state index in [9.17, 15) is 0 Å². The van der Waals surface area contributed by atoms with Crippen LogP contribution in [0.1, 0.15) is 27.2 Å². The van der Waals surface area contributed by atoms with Crippen LogP contribution in [0.15, 0.2) is 10.8 Å². The number of nitrogens with zero attached hydrogens (tertiary/aromatic N) is 4. The Bertz CT molecular complexity index is 372. The van der Waals surface area contributed by atoms with E-state index in [-0.39, 0.29) is 5.54 Å². The van der Waals surface area contributed by atoms with E-state index in [0.29, 0.717) is 16.6 Å². The van der Waals surface area contributed by atoms with Crippen LogP contribution >= 0.6 is 15.9 Å². The van der Waals surface area contributed by atoms with E-state index >= 15 is 0 Å². The fourth-order valence-corrected chi connectivity index (χ4v) is 2.25. The van der Waals surface area contributed by atoms with E-state index < -0.39 is 0 Å². The maximum absolute atomic E-state index is 4.27. The lowest BCUT2D eigenvalue weighted by atomic mass is 10.1. The van der Waals surface area contributed by atoms with E-state index in [4.69, 9.17) is 0 Å². The van der Waals surface area contributed by atoms with E-state index in [1.54, 1.807) is 6.20 Å². The van der Waals surface area contributed by atoms with Crippen LogP contribution in [0.5, 0.6) is 0 Å². The van der Waals surface area contributed by atoms with Crippen LogP contribution in [0.4, 0.5) is 5.95 Å². The third kappa shape index (κ3) is 3.61. The van der Waals surface area contributed by atoms with Crippen molar-refractivity contribution >= 4 is 21.9 Å². The molecule has 5 nitrogen and oxygen atoms in total. The summed E-state index contributed by atoms with van der Waals surface area (Å²) < 4.78 is 0.671. The van der Waals surface area contributed by atoms with Gasteiger partial charge in [0.1, 0.15) is 4.60 Å². The smallest absolute Gasteiger partial charge is 0.245 e. The van der Waals surface area contributed by atoms with Gasteiger partial charge in [-0.25, -0.2) is 4.98 Å². The molecular formula is C11H18BrN5. The summed E-state index contributed by atoms with van der Waals surface area (Å²) in [4.78, 5) is 6.44. The first-order valence-corrected chi connectivity index (χ1v) is 6.61. The lowest BCUT2D eigenvalue weighted by molar-refractivity contribution is 0.373. The molecule has 2 rings (SSSR count). The normalized spacial score (nSPS) is 20.9. The Morgan fingerprint density at radius 2 is 2.18 bits per heavy atom. The zero-order valence-corrected chi connectivity index (χ0v) is 12.0. The first-order valence-electron chi connectivity index (χ1n) is 5.82. The first-order chi connectivity index (χ1) is 7.94. The third-order valence-electron chi connectivity index (χ3n) is 2.63. The molecule has 1 aromatic rings. The monoisotopic (exact) mass is 299 g/mol. The lowest BCUT2D eigenvalue weighted by Gasteiger charge is -2.25. The van der Waals surface area contributed by atoms with Crippen LogP contribution in [0.25, 0.3) is 0 Å². The van der Waals surface area contributed by atoms with Crippen LogP contribution in [0.2, 0.25) is 0 Å². The van der Waals surface area contributed by atoms with Gasteiger partial charge in [0, 0.05) is 24.7 Å². The molecule has 0 bridgehead atoms. The fraction of sp³-hybridized carbons (Fsp3) is 0.727. The largest absolute Gasteiger partial charge is 0.338 e. The number of aromatic nitrogens is 3. The third-order valence-corrected chi connectivity index (χ3v) is 2.99. The van der Waals surface area contributed by atoms with Gasteiger partial charge in [-0.15, -0.1) is 10.2 Å². The number of hydrogen-bond acceptors (Lipinski definition) is 5. The van der Waals surface area contributed by atoms with Crippen molar-refractivity contribution in [3.05, 3.63) is 10.8 Å². The second-order valence-electron chi connectivity index (χ2n) is 5.41. The molecule has 0 spiro atoms. The van der Waals surface area contributed by atoms with Gasteiger partial charge in [-0.05, 0) is 43.1 Å². The number of nitrogens with one attached hydrogen (secondary N) is 1. The van der Waals surface area contributed by atoms with Gasteiger partial charge < -0.3 is 10.2 Å². The Hall–Kier alpha value is -0.750. The Morgan fingerprint density at radius 1 is 1.41 bits per heavy atom. The van der Waals surface area contributed by atoms with Gasteiger partial charge in [0.25, 0.3) is 0 Å². The molecule has 94 valence electrons. The average Bonchev–Trinajstić information content (AvgIpc) is 2.64. The number of hydrogen-bond donors (Lipinski definition) is 1. The molecule has 1 atom stereocenters. The van der Waals surface area contributed by atoms with Crippen LogP contribution < -0.4 is 10.2 Å². The van der Waals surface area contributed by atoms with Gasteiger partial charge in [-0.3, -0.25) is 0 Å². The standard InChI is InChI=1S/C11H18BrN5/c1-11(2,3)14-8-4-5-17(7-8)10-13-6-9(12)15-16-10/h6,8,14H,4-5,7H2,1-3H3. The van der Waals surface area contributed by atoms with Crippen molar-refractivity contribution in [3.63, 3.8) is 0 Å². The number of halogens is 1. The SMILES string of the molecule is CC(C)(C)NC1CCN(c2ncc(Br)nn2)C1. The predicted octanol–water partition coefficient (Wildman–Crippen LogP) is 1.60. The molecule has 2 heterocycles. The molecule has 1 N–H and O–H groups in total. The van der Waals surface area contributed by atoms with E-state index in [0.717, 1.165) is 19.5 Å². The van der Waals surface area contributed by atoms with Crippen molar-refractivity contribution in [2.75, 3.05) is 18.0 Å². The first kappa shape index (κ1) is 12.7. The molecule has 1 aliphatic heterocycles. The van der Waals surface area contributed by atoms with E-state index in [1.807, 2.05) is 0 Å². The Kier molecular flexibility index (Phi) is 3.63. The molecule has 0 aromatic carbocycles. The zero-order valence-electron chi connectivity index (χ0n) is 10.4.